The molecule has 1 fully saturated rings. The van der Waals surface area contributed by atoms with Crippen molar-refractivity contribution in [2.45, 2.75) is 46.1 Å². The molecular formula is C15H27N3OS. The minimum absolute atomic E-state index is 0.179. The van der Waals surface area contributed by atoms with E-state index >= 15 is 0 Å². The monoisotopic (exact) mass is 297 g/mol. The van der Waals surface area contributed by atoms with E-state index in [1.54, 1.807) is 11.3 Å². The zero-order chi connectivity index (χ0) is 14.6. The van der Waals surface area contributed by atoms with Gasteiger partial charge in [-0.05, 0) is 31.6 Å². The zero-order valence-corrected chi connectivity index (χ0v) is 13.7. The Morgan fingerprint density at radius 1 is 1.45 bits per heavy atom. The number of hydrogen-bond acceptors (Lipinski definition) is 5. The van der Waals surface area contributed by atoms with Crippen LogP contribution in [0.15, 0.2) is 5.38 Å². The van der Waals surface area contributed by atoms with Crippen LogP contribution in [0.1, 0.15) is 38.8 Å². The van der Waals surface area contributed by atoms with Gasteiger partial charge in [-0.25, -0.2) is 4.98 Å². The molecular weight excluding hydrogens is 270 g/mol. The maximum Gasteiger partial charge on any atom is 0.185 e. The lowest BCUT2D eigenvalue weighted by molar-refractivity contribution is 0.200. The molecule has 2 heterocycles. The molecule has 1 aliphatic rings. The first kappa shape index (κ1) is 15.7. The maximum absolute atomic E-state index is 9.06. The number of thiazole rings is 1. The number of nitrogens with zero attached hydrogens (tertiary/aromatic N) is 2. The van der Waals surface area contributed by atoms with Crippen LogP contribution in [0, 0.1) is 12.3 Å². The molecule has 4 nitrogen and oxygen atoms in total. The predicted molar refractivity (Wildman–Crippen MR) is 85.6 cm³/mol. The molecule has 2 rings (SSSR count). The zero-order valence-electron chi connectivity index (χ0n) is 12.9. The Kier molecular flexibility index (Phi) is 5.41. The summed E-state index contributed by atoms with van der Waals surface area (Å²) in [7, 11) is 0. The van der Waals surface area contributed by atoms with Crippen molar-refractivity contribution >= 4 is 16.5 Å². The lowest BCUT2D eigenvalue weighted by Crippen LogP contribution is -2.45. The van der Waals surface area contributed by atoms with Crippen LogP contribution in [-0.2, 0) is 0 Å². The van der Waals surface area contributed by atoms with Crippen molar-refractivity contribution in [1.82, 2.24) is 10.3 Å². The van der Waals surface area contributed by atoms with E-state index in [0.29, 0.717) is 6.04 Å². The molecule has 0 atom stereocenters. The Labute approximate surface area is 126 Å². The molecule has 0 bridgehead atoms. The number of aliphatic hydroxyl groups is 1. The minimum atomic E-state index is 0.179. The van der Waals surface area contributed by atoms with Gasteiger partial charge in [0.15, 0.2) is 5.13 Å². The van der Waals surface area contributed by atoms with E-state index in [2.05, 4.69) is 41.4 Å². The SMILES string of the molecule is Cc1csc(N2CCC(NCC(C)(C)CCO)CC2)n1. The van der Waals surface area contributed by atoms with Crippen molar-refractivity contribution in [1.29, 1.82) is 0 Å². The molecule has 0 saturated carbocycles. The molecule has 1 saturated heterocycles. The van der Waals surface area contributed by atoms with Gasteiger partial charge in [0.2, 0.25) is 0 Å². The third-order valence-corrected chi connectivity index (χ3v) is 5.05. The second-order valence-electron chi connectivity index (χ2n) is 6.55. The average Bonchev–Trinajstić information content (AvgIpc) is 2.84. The van der Waals surface area contributed by atoms with Crippen LogP contribution in [-0.4, -0.2) is 42.4 Å². The largest absolute Gasteiger partial charge is 0.396 e. The van der Waals surface area contributed by atoms with E-state index in [9.17, 15) is 0 Å². The Morgan fingerprint density at radius 2 is 2.15 bits per heavy atom. The summed E-state index contributed by atoms with van der Waals surface area (Å²) < 4.78 is 0. The van der Waals surface area contributed by atoms with Gasteiger partial charge in [-0.3, -0.25) is 0 Å². The van der Waals surface area contributed by atoms with Gasteiger partial charge in [0.1, 0.15) is 0 Å². The van der Waals surface area contributed by atoms with Crippen LogP contribution < -0.4 is 10.2 Å². The summed E-state index contributed by atoms with van der Waals surface area (Å²) in [6.07, 6.45) is 3.21. The van der Waals surface area contributed by atoms with Gasteiger partial charge in [0.05, 0.1) is 5.69 Å². The third-order valence-electron chi connectivity index (χ3n) is 4.03. The summed E-state index contributed by atoms with van der Waals surface area (Å²) in [4.78, 5) is 6.96. The number of anilines is 1. The quantitative estimate of drug-likeness (QED) is 0.846. The lowest BCUT2D eigenvalue weighted by atomic mass is 9.89. The Hall–Kier alpha value is -0.650. The normalized spacial score (nSPS) is 17.7. The first-order chi connectivity index (χ1) is 9.50. The molecule has 5 heteroatoms. The van der Waals surface area contributed by atoms with E-state index in [0.717, 1.165) is 31.7 Å². The summed E-state index contributed by atoms with van der Waals surface area (Å²) in [5, 5.41) is 16.0. The fourth-order valence-electron chi connectivity index (χ4n) is 2.57. The van der Waals surface area contributed by atoms with Gasteiger partial charge >= 0.3 is 0 Å². The number of rotatable bonds is 6. The third kappa shape index (κ3) is 4.43. The summed E-state index contributed by atoms with van der Waals surface area (Å²) in [6, 6.07) is 0.602. The molecule has 0 aliphatic carbocycles. The van der Waals surface area contributed by atoms with Gasteiger partial charge in [0.25, 0.3) is 0 Å². The van der Waals surface area contributed by atoms with Crippen LogP contribution in [0.2, 0.25) is 0 Å². The summed E-state index contributed by atoms with van der Waals surface area (Å²) in [5.41, 5.74) is 1.30. The number of nitrogens with one attached hydrogen (secondary N) is 1. The molecule has 1 aromatic heterocycles. The van der Waals surface area contributed by atoms with Crippen molar-refractivity contribution in [3.8, 4) is 0 Å². The average molecular weight is 297 g/mol. The molecule has 0 radical (unpaired) electrons. The van der Waals surface area contributed by atoms with Crippen molar-refractivity contribution in [3.63, 3.8) is 0 Å². The van der Waals surface area contributed by atoms with E-state index in [-0.39, 0.29) is 12.0 Å². The first-order valence-electron chi connectivity index (χ1n) is 7.51. The predicted octanol–water partition coefficient (Wildman–Crippen LogP) is 2.42. The van der Waals surface area contributed by atoms with Crippen LogP contribution >= 0.6 is 11.3 Å². The number of hydrogen-bond donors (Lipinski definition) is 2. The number of piperidine rings is 1. The van der Waals surface area contributed by atoms with Gasteiger partial charge in [-0.2, -0.15) is 0 Å². The highest BCUT2D eigenvalue weighted by molar-refractivity contribution is 7.13. The van der Waals surface area contributed by atoms with Gasteiger partial charge in [-0.1, -0.05) is 13.8 Å². The van der Waals surface area contributed by atoms with E-state index in [4.69, 9.17) is 5.11 Å². The van der Waals surface area contributed by atoms with Crippen LogP contribution in [0.3, 0.4) is 0 Å². The fourth-order valence-corrected chi connectivity index (χ4v) is 3.43. The van der Waals surface area contributed by atoms with Crippen LogP contribution in [0.4, 0.5) is 5.13 Å². The molecule has 0 spiro atoms. The second kappa shape index (κ2) is 6.87. The van der Waals surface area contributed by atoms with E-state index in [1.807, 2.05) is 0 Å². The molecule has 2 N–H and O–H groups in total. The highest BCUT2D eigenvalue weighted by Crippen LogP contribution is 2.24. The fraction of sp³-hybridized carbons (Fsp3) is 0.800. The number of aliphatic hydroxyl groups excluding tert-OH is 1. The Morgan fingerprint density at radius 3 is 2.70 bits per heavy atom. The summed E-state index contributed by atoms with van der Waals surface area (Å²) in [5.74, 6) is 0. The van der Waals surface area contributed by atoms with E-state index in [1.165, 1.54) is 18.0 Å². The first-order valence-corrected chi connectivity index (χ1v) is 8.39. The lowest BCUT2D eigenvalue weighted by Gasteiger charge is -2.34. The molecule has 1 aromatic rings. The van der Waals surface area contributed by atoms with Gasteiger partial charge < -0.3 is 15.3 Å². The maximum atomic E-state index is 9.06. The molecule has 0 aromatic carbocycles. The van der Waals surface area contributed by atoms with Crippen molar-refractivity contribution in [2.24, 2.45) is 5.41 Å². The second-order valence-corrected chi connectivity index (χ2v) is 7.39. The van der Waals surface area contributed by atoms with Crippen LogP contribution in [0.5, 0.6) is 0 Å². The standard InChI is InChI=1S/C15H27N3OS/c1-12-10-20-14(17-12)18-7-4-13(5-8-18)16-11-15(2,3)6-9-19/h10,13,16,19H,4-9,11H2,1-3H3. The summed E-state index contributed by atoms with van der Waals surface area (Å²) in [6.45, 7) is 9.91. The molecule has 0 amide bonds. The van der Waals surface area contributed by atoms with Crippen molar-refractivity contribution in [2.75, 3.05) is 31.1 Å². The van der Waals surface area contributed by atoms with Crippen molar-refractivity contribution in [3.05, 3.63) is 11.1 Å². The molecule has 0 unspecified atom stereocenters. The highest BCUT2D eigenvalue weighted by atomic mass is 32.1. The highest BCUT2D eigenvalue weighted by Gasteiger charge is 2.23. The van der Waals surface area contributed by atoms with Gasteiger partial charge in [0, 0.05) is 37.7 Å². The number of aryl methyl sites for hydroxylation is 1. The molecule has 114 valence electrons. The Bertz CT molecular complexity index is 411. The topological polar surface area (TPSA) is 48.4 Å². The molecule has 1 aliphatic heterocycles. The Balaban J connectivity index is 1.74. The van der Waals surface area contributed by atoms with Crippen LogP contribution in [0.25, 0.3) is 0 Å². The molecule has 20 heavy (non-hydrogen) atoms. The number of aromatic nitrogens is 1. The van der Waals surface area contributed by atoms with Crippen molar-refractivity contribution < 1.29 is 5.11 Å². The van der Waals surface area contributed by atoms with E-state index < -0.39 is 0 Å². The van der Waals surface area contributed by atoms with Gasteiger partial charge in [-0.15, -0.1) is 11.3 Å². The smallest absolute Gasteiger partial charge is 0.185 e. The minimum Gasteiger partial charge on any atom is -0.396 e. The summed E-state index contributed by atoms with van der Waals surface area (Å²) >= 11 is 1.75.